The van der Waals surface area contributed by atoms with Gasteiger partial charge in [0.2, 0.25) is 0 Å². The Morgan fingerprint density at radius 3 is 2.27 bits per heavy atom. The molecule has 0 saturated carbocycles. The number of rotatable bonds is 9. The first-order valence-electron chi connectivity index (χ1n) is 7.91. The number of hydrogen-bond acceptors (Lipinski definition) is 3. The number of ketones is 1. The first kappa shape index (κ1) is 18.2. The molecule has 22 heavy (non-hydrogen) atoms. The number of carbonyl (C=O) groups is 2. The van der Waals surface area contributed by atoms with Crippen molar-refractivity contribution in [1.82, 2.24) is 5.32 Å². The molecule has 0 aliphatic heterocycles. The molecule has 1 atom stereocenters. The maximum atomic E-state index is 11.8. The zero-order chi connectivity index (χ0) is 16.5. The van der Waals surface area contributed by atoms with Crippen molar-refractivity contribution in [3.63, 3.8) is 0 Å². The molecule has 0 radical (unpaired) electrons. The fraction of sp³-hybridized carbons (Fsp3) is 0.556. The van der Waals surface area contributed by atoms with E-state index in [4.69, 9.17) is 4.74 Å². The number of hydrogen-bond donors (Lipinski definition) is 1. The highest BCUT2D eigenvalue weighted by molar-refractivity contribution is 5.94. The van der Waals surface area contributed by atoms with Crippen molar-refractivity contribution in [3.8, 4) is 5.75 Å². The van der Waals surface area contributed by atoms with Crippen LogP contribution in [0.25, 0.3) is 0 Å². The van der Waals surface area contributed by atoms with Crippen molar-refractivity contribution in [3.05, 3.63) is 29.8 Å². The summed E-state index contributed by atoms with van der Waals surface area (Å²) in [5.74, 6) is 1.18. The number of benzene rings is 1. The first-order valence-corrected chi connectivity index (χ1v) is 7.91. The minimum atomic E-state index is -0.118. The van der Waals surface area contributed by atoms with Gasteiger partial charge in [-0.25, -0.2) is 0 Å². The summed E-state index contributed by atoms with van der Waals surface area (Å²) >= 11 is 0. The Morgan fingerprint density at radius 2 is 1.73 bits per heavy atom. The lowest BCUT2D eigenvalue weighted by Crippen LogP contribution is -2.36. The normalized spacial score (nSPS) is 12.0. The summed E-state index contributed by atoms with van der Waals surface area (Å²) in [5, 5.41) is 2.94. The first-order chi connectivity index (χ1) is 10.4. The molecule has 0 aliphatic carbocycles. The minimum absolute atomic E-state index is 0.00601. The molecule has 0 aliphatic rings. The van der Waals surface area contributed by atoms with Gasteiger partial charge in [0.1, 0.15) is 5.75 Å². The van der Waals surface area contributed by atoms with Crippen molar-refractivity contribution in [2.45, 2.75) is 53.0 Å². The van der Waals surface area contributed by atoms with Crippen LogP contribution in [0.5, 0.6) is 5.75 Å². The third-order valence-corrected chi connectivity index (χ3v) is 3.46. The van der Waals surface area contributed by atoms with Crippen molar-refractivity contribution < 1.29 is 14.3 Å². The van der Waals surface area contributed by atoms with Gasteiger partial charge in [0.25, 0.3) is 5.91 Å². The van der Waals surface area contributed by atoms with Crippen LogP contribution in [0.1, 0.15) is 57.3 Å². The zero-order valence-corrected chi connectivity index (χ0v) is 14.0. The summed E-state index contributed by atoms with van der Waals surface area (Å²) in [7, 11) is 0. The van der Waals surface area contributed by atoms with Gasteiger partial charge >= 0.3 is 0 Å². The van der Waals surface area contributed by atoms with Gasteiger partial charge in [0.05, 0.1) is 0 Å². The van der Waals surface area contributed by atoms with E-state index >= 15 is 0 Å². The Labute approximate surface area is 133 Å². The van der Waals surface area contributed by atoms with Gasteiger partial charge in [-0.1, -0.05) is 26.7 Å². The van der Waals surface area contributed by atoms with Crippen LogP contribution >= 0.6 is 0 Å². The average molecular weight is 305 g/mol. The molecule has 122 valence electrons. The van der Waals surface area contributed by atoms with E-state index in [0.29, 0.717) is 17.2 Å². The van der Waals surface area contributed by atoms with Crippen LogP contribution in [0.15, 0.2) is 24.3 Å². The molecule has 0 heterocycles. The standard InChI is InChI=1S/C18H27NO3/c1-13(2)6-5-7-14(3)19-18(21)12-22-17-10-8-16(9-11-17)15(4)20/h8-11,13-14H,5-7,12H2,1-4H3,(H,19,21). The van der Waals surface area contributed by atoms with E-state index in [9.17, 15) is 9.59 Å². The third-order valence-electron chi connectivity index (χ3n) is 3.46. The lowest BCUT2D eigenvalue weighted by Gasteiger charge is -2.15. The van der Waals surface area contributed by atoms with Crippen LogP contribution < -0.4 is 10.1 Å². The van der Waals surface area contributed by atoms with Crippen LogP contribution in [0.4, 0.5) is 0 Å². The smallest absolute Gasteiger partial charge is 0.258 e. The molecule has 1 aromatic carbocycles. The van der Waals surface area contributed by atoms with Crippen molar-refractivity contribution in [1.29, 1.82) is 0 Å². The fourth-order valence-electron chi connectivity index (χ4n) is 2.16. The van der Waals surface area contributed by atoms with Gasteiger partial charge in [-0.2, -0.15) is 0 Å². The number of Topliss-reactive ketones (excluding diaryl/α,β-unsaturated/α-hetero) is 1. The molecule has 4 nitrogen and oxygen atoms in total. The highest BCUT2D eigenvalue weighted by Crippen LogP contribution is 2.12. The molecule has 1 amide bonds. The molecule has 1 rings (SSSR count). The largest absolute Gasteiger partial charge is 0.484 e. The Kier molecular flexibility index (Phi) is 7.64. The van der Waals surface area contributed by atoms with E-state index in [1.807, 2.05) is 6.92 Å². The van der Waals surface area contributed by atoms with E-state index in [1.54, 1.807) is 24.3 Å². The second kappa shape index (κ2) is 9.23. The van der Waals surface area contributed by atoms with Gasteiger partial charge in [-0.3, -0.25) is 9.59 Å². The lowest BCUT2D eigenvalue weighted by atomic mass is 10.0. The second-order valence-corrected chi connectivity index (χ2v) is 6.16. The third kappa shape index (κ3) is 7.25. The van der Waals surface area contributed by atoms with Crippen LogP contribution in [0, 0.1) is 5.92 Å². The summed E-state index contributed by atoms with van der Waals surface area (Å²) in [5.41, 5.74) is 0.635. The van der Waals surface area contributed by atoms with Crippen LogP contribution in [-0.2, 0) is 4.79 Å². The number of nitrogens with one attached hydrogen (secondary N) is 1. The summed E-state index contributed by atoms with van der Waals surface area (Å²) in [6.07, 6.45) is 3.28. The van der Waals surface area contributed by atoms with E-state index in [-0.39, 0.29) is 24.3 Å². The highest BCUT2D eigenvalue weighted by Gasteiger charge is 2.08. The zero-order valence-electron chi connectivity index (χ0n) is 14.0. The Bertz CT molecular complexity index is 480. The molecule has 1 N–H and O–H groups in total. The highest BCUT2D eigenvalue weighted by atomic mass is 16.5. The predicted octanol–water partition coefficient (Wildman–Crippen LogP) is 3.60. The Hall–Kier alpha value is -1.84. The van der Waals surface area contributed by atoms with Gasteiger partial charge in [0.15, 0.2) is 12.4 Å². The van der Waals surface area contributed by atoms with Crippen molar-refractivity contribution in [2.24, 2.45) is 5.92 Å². The molecule has 0 bridgehead atoms. The van der Waals surface area contributed by atoms with E-state index in [1.165, 1.54) is 13.3 Å². The van der Waals surface area contributed by atoms with Gasteiger partial charge < -0.3 is 10.1 Å². The van der Waals surface area contributed by atoms with Crippen molar-refractivity contribution >= 4 is 11.7 Å². The molecule has 0 saturated heterocycles. The quantitative estimate of drug-likeness (QED) is 0.709. The Balaban J connectivity index is 2.28. The number of carbonyl (C=O) groups excluding carboxylic acids is 2. The van der Waals surface area contributed by atoms with Crippen LogP contribution in [0.3, 0.4) is 0 Å². The Morgan fingerprint density at radius 1 is 1.09 bits per heavy atom. The van der Waals surface area contributed by atoms with Crippen LogP contribution in [-0.4, -0.2) is 24.3 Å². The van der Waals surface area contributed by atoms with E-state index in [2.05, 4.69) is 19.2 Å². The molecular formula is C18H27NO3. The number of amides is 1. The second-order valence-electron chi connectivity index (χ2n) is 6.16. The molecule has 0 fully saturated rings. The number of ether oxygens (including phenoxy) is 1. The SMILES string of the molecule is CC(=O)c1ccc(OCC(=O)NC(C)CCCC(C)C)cc1. The average Bonchev–Trinajstić information content (AvgIpc) is 2.45. The predicted molar refractivity (Wildman–Crippen MR) is 88.2 cm³/mol. The molecule has 1 aromatic rings. The topological polar surface area (TPSA) is 55.4 Å². The van der Waals surface area contributed by atoms with E-state index in [0.717, 1.165) is 12.8 Å². The van der Waals surface area contributed by atoms with Crippen molar-refractivity contribution in [2.75, 3.05) is 6.61 Å². The van der Waals surface area contributed by atoms with Gasteiger partial charge in [-0.15, -0.1) is 0 Å². The fourth-order valence-corrected chi connectivity index (χ4v) is 2.16. The van der Waals surface area contributed by atoms with E-state index < -0.39 is 0 Å². The van der Waals surface area contributed by atoms with Crippen LogP contribution in [0.2, 0.25) is 0 Å². The minimum Gasteiger partial charge on any atom is -0.484 e. The summed E-state index contributed by atoms with van der Waals surface area (Å²) in [6.45, 7) is 7.93. The molecule has 0 spiro atoms. The maximum Gasteiger partial charge on any atom is 0.258 e. The van der Waals surface area contributed by atoms with Gasteiger partial charge in [-0.05, 0) is 50.5 Å². The molecule has 0 aromatic heterocycles. The summed E-state index contributed by atoms with van der Waals surface area (Å²) < 4.78 is 5.42. The summed E-state index contributed by atoms with van der Waals surface area (Å²) in [4.78, 5) is 23.0. The monoisotopic (exact) mass is 305 g/mol. The maximum absolute atomic E-state index is 11.8. The lowest BCUT2D eigenvalue weighted by molar-refractivity contribution is -0.123. The molecule has 1 unspecified atom stereocenters. The summed E-state index contributed by atoms with van der Waals surface area (Å²) in [6, 6.07) is 6.97. The van der Waals surface area contributed by atoms with Gasteiger partial charge in [0, 0.05) is 11.6 Å². The molecular weight excluding hydrogens is 278 g/mol. The molecule has 4 heteroatoms.